The average molecular weight is 339 g/mol. The smallest absolute Gasteiger partial charge is 0.308 e. The molecule has 0 spiro atoms. The number of fused-ring (bicyclic) bond motifs is 1. The van der Waals surface area contributed by atoms with Crippen molar-refractivity contribution in [3.05, 3.63) is 47.8 Å². The number of hydrogen-bond donors (Lipinski definition) is 2. The number of aromatic nitrogens is 2. The minimum Gasteiger partial charge on any atom is -0.481 e. The van der Waals surface area contributed by atoms with Gasteiger partial charge >= 0.3 is 5.97 Å². The molecule has 0 amide bonds. The molecule has 2 fully saturated rings. The molecule has 5 heteroatoms. The van der Waals surface area contributed by atoms with E-state index >= 15 is 0 Å². The van der Waals surface area contributed by atoms with Crippen LogP contribution in [-0.4, -0.2) is 26.9 Å². The van der Waals surface area contributed by atoms with Gasteiger partial charge in [-0.1, -0.05) is 31.0 Å². The Bertz CT molecular complexity index is 756. The van der Waals surface area contributed by atoms with Crippen LogP contribution < -0.4 is 5.32 Å². The molecule has 0 bridgehead atoms. The Morgan fingerprint density at radius 1 is 1.24 bits per heavy atom. The van der Waals surface area contributed by atoms with Crippen molar-refractivity contribution in [2.45, 2.75) is 45.2 Å². The third-order valence-corrected chi connectivity index (χ3v) is 6.02. The fraction of sp³-hybridized carbons (Fsp3) is 0.500. The third-order valence-electron chi connectivity index (χ3n) is 6.02. The lowest BCUT2D eigenvalue weighted by Gasteiger charge is -2.53. The van der Waals surface area contributed by atoms with E-state index in [-0.39, 0.29) is 12.0 Å². The first-order valence-electron chi connectivity index (χ1n) is 9.22. The van der Waals surface area contributed by atoms with E-state index < -0.39 is 5.97 Å². The van der Waals surface area contributed by atoms with Crippen molar-refractivity contribution in [3.63, 3.8) is 0 Å². The molecule has 2 N–H and O–H groups in total. The van der Waals surface area contributed by atoms with Crippen LogP contribution in [0.1, 0.15) is 36.9 Å². The van der Waals surface area contributed by atoms with Gasteiger partial charge in [0.2, 0.25) is 0 Å². The summed E-state index contributed by atoms with van der Waals surface area (Å²) in [6.07, 6.45) is 6.70. The molecule has 2 saturated carbocycles. The summed E-state index contributed by atoms with van der Waals surface area (Å²) in [5, 5.41) is 17.7. The highest BCUT2D eigenvalue weighted by atomic mass is 16.4. The fourth-order valence-electron chi connectivity index (χ4n) is 4.69. The van der Waals surface area contributed by atoms with E-state index in [1.54, 1.807) is 0 Å². The molecule has 0 aliphatic heterocycles. The second-order valence-electron chi connectivity index (χ2n) is 7.40. The number of aliphatic carboxylic acids is 1. The van der Waals surface area contributed by atoms with Crippen LogP contribution in [0, 0.1) is 24.7 Å². The summed E-state index contributed by atoms with van der Waals surface area (Å²) in [5.74, 6) is 0.0309. The number of carbonyl (C=O) groups is 1. The Kier molecular flexibility index (Phi) is 4.34. The molecule has 0 unspecified atom stereocenters. The van der Waals surface area contributed by atoms with Gasteiger partial charge in [0.1, 0.15) is 0 Å². The van der Waals surface area contributed by atoms with E-state index in [4.69, 9.17) is 0 Å². The molecule has 5 nitrogen and oxygen atoms in total. The number of carboxylic acids is 1. The maximum Gasteiger partial charge on any atom is 0.308 e. The maximum absolute atomic E-state index is 11.7. The lowest BCUT2D eigenvalue weighted by atomic mass is 9.55. The first-order chi connectivity index (χ1) is 12.1. The number of para-hydroxylation sites is 1. The zero-order valence-electron chi connectivity index (χ0n) is 14.6. The SMILES string of the molecule is Cc1nn(-c2ccccc2)cc1CN[C@H]1[C@@H]2CCCC[C@@H]2[C@@H]1C(=O)O. The lowest BCUT2D eigenvalue weighted by Crippen LogP contribution is -2.61. The normalized spacial score (nSPS) is 28.2. The number of aryl methyl sites for hydroxylation is 1. The van der Waals surface area contributed by atoms with Crippen LogP contribution in [0.4, 0.5) is 0 Å². The van der Waals surface area contributed by atoms with E-state index in [0.717, 1.165) is 29.8 Å². The molecular weight excluding hydrogens is 314 g/mol. The van der Waals surface area contributed by atoms with Crippen molar-refractivity contribution >= 4 is 5.97 Å². The number of benzene rings is 1. The largest absolute Gasteiger partial charge is 0.481 e. The molecule has 0 saturated heterocycles. The maximum atomic E-state index is 11.7. The van der Waals surface area contributed by atoms with E-state index in [1.165, 1.54) is 12.8 Å². The molecule has 25 heavy (non-hydrogen) atoms. The Balaban J connectivity index is 1.46. The highest BCUT2D eigenvalue weighted by Gasteiger charge is 2.54. The van der Waals surface area contributed by atoms with Crippen LogP contribution in [0.15, 0.2) is 36.5 Å². The molecule has 0 radical (unpaired) electrons. The van der Waals surface area contributed by atoms with Gasteiger partial charge in [-0.15, -0.1) is 0 Å². The predicted octanol–water partition coefficient (Wildman–Crippen LogP) is 3.16. The van der Waals surface area contributed by atoms with Gasteiger partial charge in [-0.2, -0.15) is 5.10 Å². The van der Waals surface area contributed by atoms with Crippen molar-refractivity contribution in [2.24, 2.45) is 17.8 Å². The second-order valence-corrected chi connectivity index (χ2v) is 7.40. The summed E-state index contributed by atoms with van der Waals surface area (Å²) < 4.78 is 1.89. The van der Waals surface area contributed by atoms with E-state index in [1.807, 2.05) is 48.1 Å². The minimum atomic E-state index is -0.641. The molecule has 1 aromatic carbocycles. The third kappa shape index (κ3) is 2.97. The predicted molar refractivity (Wildman–Crippen MR) is 95.5 cm³/mol. The lowest BCUT2D eigenvalue weighted by molar-refractivity contribution is -0.157. The zero-order valence-corrected chi connectivity index (χ0v) is 14.6. The van der Waals surface area contributed by atoms with E-state index in [9.17, 15) is 9.90 Å². The van der Waals surface area contributed by atoms with Crippen LogP contribution in [0.5, 0.6) is 0 Å². The van der Waals surface area contributed by atoms with Gasteiger partial charge in [-0.25, -0.2) is 4.68 Å². The highest BCUT2D eigenvalue weighted by Crippen LogP contribution is 2.49. The summed E-state index contributed by atoms with van der Waals surface area (Å²) in [5.41, 5.74) is 3.16. The monoisotopic (exact) mass is 339 g/mol. The van der Waals surface area contributed by atoms with Crippen LogP contribution in [-0.2, 0) is 11.3 Å². The molecule has 1 aromatic heterocycles. The van der Waals surface area contributed by atoms with Crippen LogP contribution in [0.25, 0.3) is 5.69 Å². The van der Waals surface area contributed by atoms with Gasteiger partial charge in [0.15, 0.2) is 0 Å². The van der Waals surface area contributed by atoms with E-state index in [0.29, 0.717) is 18.4 Å². The Morgan fingerprint density at radius 3 is 2.68 bits per heavy atom. The summed E-state index contributed by atoms with van der Waals surface area (Å²) in [6.45, 7) is 2.69. The Hall–Kier alpha value is -2.14. The topological polar surface area (TPSA) is 67.2 Å². The Morgan fingerprint density at radius 2 is 1.96 bits per heavy atom. The second kappa shape index (κ2) is 6.64. The quantitative estimate of drug-likeness (QED) is 0.878. The fourth-order valence-corrected chi connectivity index (χ4v) is 4.69. The number of nitrogens with zero attached hydrogens (tertiary/aromatic N) is 2. The van der Waals surface area contributed by atoms with Crippen molar-refractivity contribution in [2.75, 3.05) is 0 Å². The summed E-state index contributed by atoms with van der Waals surface area (Å²) >= 11 is 0. The zero-order chi connectivity index (χ0) is 17.4. The summed E-state index contributed by atoms with van der Waals surface area (Å²) in [4.78, 5) is 11.7. The number of nitrogens with one attached hydrogen (secondary N) is 1. The average Bonchev–Trinajstić information content (AvgIpc) is 2.97. The van der Waals surface area contributed by atoms with Gasteiger partial charge in [-0.3, -0.25) is 4.79 Å². The molecule has 2 aliphatic carbocycles. The number of carboxylic acid groups (broad SMARTS) is 1. The number of hydrogen-bond acceptors (Lipinski definition) is 3. The van der Waals surface area contributed by atoms with Crippen LogP contribution >= 0.6 is 0 Å². The molecule has 132 valence electrons. The molecule has 2 aliphatic rings. The first kappa shape index (κ1) is 16.3. The van der Waals surface area contributed by atoms with Crippen molar-refractivity contribution in [3.8, 4) is 5.69 Å². The standard InChI is InChI=1S/C20H25N3O2/c1-13-14(12-23(22-13)15-7-3-2-4-8-15)11-21-19-17-10-6-5-9-16(17)18(19)20(24)25/h2-4,7-8,12,16-19,21H,5-6,9-11H2,1H3,(H,24,25)/t16-,17+,18-,19-/m0/s1. The summed E-state index contributed by atoms with van der Waals surface area (Å²) in [7, 11) is 0. The number of rotatable bonds is 5. The van der Waals surface area contributed by atoms with Gasteiger partial charge in [0.05, 0.1) is 17.3 Å². The minimum absolute atomic E-state index is 0.0993. The van der Waals surface area contributed by atoms with Gasteiger partial charge in [-0.05, 0) is 43.7 Å². The molecule has 4 rings (SSSR count). The Labute approximate surface area is 148 Å². The van der Waals surface area contributed by atoms with Crippen LogP contribution in [0.3, 0.4) is 0 Å². The van der Waals surface area contributed by atoms with Gasteiger partial charge in [0, 0.05) is 24.3 Å². The molecule has 2 aromatic rings. The summed E-state index contributed by atoms with van der Waals surface area (Å²) in [6, 6.07) is 10.2. The van der Waals surface area contributed by atoms with Crippen LogP contribution in [0.2, 0.25) is 0 Å². The van der Waals surface area contributed by atoms with Crippen molar-refractivity contribution in [1.82, 2.24) is 15.1 Å². The molecule has 1 heterocycles. The van der Waals surface area contributed by atoms with Crippen molar-refractivity contribution < 1.29 is 9.90 Å². The van der Waals surface area contributed by atoms with Gasteiger partial charge in [0.25, 0.3) is 0 Å². The van der Waals surface area contributed by atoms with Crippen molar-refractivity contribution in [1.29, 1.82) is 0 Å². The molecule has 4 atom stereocenters. The molecular formula is C20H25N3O2. The highest BCUT2D eigenvalue weighted by molar-refractivity contribution is 5.73. The van der Waals surface area contributed by atoms with E-state index in [2.05, 4.69) is 10.4 Å². The van der Waals surface area contributed by atoms with Gasteiger partial charge < -0.3 is 10.4 Å². The first-order valence-corrected chi connectivity index (χ1v) is 9.22.